The zero-order valence-corrected chi connectivity index (χ0v) is 21.8. The maximum atomic E-state index is 14.1. The molecule has 1 atom stereocenters. The molecule has 8 heteroatoms. The Morgan fingerprint density at radius 3 is 2.44 bits per heavy atom. The van der Waals surface area contributed by atoms with E-state index in [0.29, 0.717) is 45.0 Å². The second-order valence-electron chi connectivity index (χ2n) is 9.39. The van der Waals surface area contributed by atoms with E-state index in [-0.39, 0.29) is 17.5 Å². The Kier molecular flexibility index (Phi) is 7.64. The van der Waals surface area contributed by atoms with Gasteiger partial charge in [0.05, 0.1) is 23.2 Å². The molecule has 2 heterocycles. The van der Waals surface area contributed by atoms with Crippen LogP contribution in [0, 0.1) is 5.82 Å². The van der Waals surface area contributed by atoms with Crippen molar-refractivity contribution in [1.29, 1.82) is 0 Å². The van der Waals surface area contributed by atoms with Gasteiger partial charge in [0.2, 0.25) is 0 Å². The highest BCUT2D eigenvalue weighted by Gasteiger charge is 2.36. The van der Waals surface area contributed by atoms with E-state index in [4.69, 9.17) is 4.74 Å². The van der Waals surface area contributed by atoms with Crippen LogP contribution in [0.15, 0.2) is 69.8 Å². The summed E-state index contributed by atoms with van der Waals surface area (Å²) in [6, 6.07) is 14.4. The number of rotatable bonds is 7. The van der Waals surface area contributed by atoms with Crippen LogP contribution in [0.2, 0.25) is 0 Å². The van der Waals surface area contributed by atoms with E-state index in [0.717, 1.165) is 11.1 Å². The maximum Gasteiger partial charge on any atom is 0.337 e. The number of aromatic amines is 1. The second kappa shape index (κ2) is 10.7. The van der Waals surface area contributed by atoms with Crippen LogP contribution < -0.4 is 10.9 Å². The number of benzene rings is 2. The number of ether oxygens (including phenoxy) is 1. The van der Waals surface area contributed by atoms with Gasteiger partial charge in [0.25, 0.3) is 5.56 Å². The van der Waals surface area contributed by atoms with Gasteiger partial charge in [0.1, 0.15) is 11.6 Å². The average Bonchev–Trinajstić information content (AvgIpc) is 2.82. The molecule has 0 fully saturated rings. The van der Waals surface area contributed by atoms with E-state index >= 15 is 0 Å². The predicted octanol–water partition coefficient (Wildman–Crippen LogP) is 6.11. The molecule has 0 radical (unpaired) electrons. The first-order chi connectivity index (χ1) is 17.2. The minimum absolute atomic E-state index is 0.305. The van der Waals surface area contributed by atoms with Crippen molar-refractivity contribution in [3.63, 3.8) is 0 Å². The lowest BCUT2D eigenvalue weighted by Gasteiger charge is -2.29. The first-order valence-electron chi connectivity index (χ1n) is 11.9. The van der Waals surface area contributed by atoms with Gasteiger partial charge in [-0.15, -0.1) is 0 Å². The minimum Gasteiger partial charge on any atom is -0.460 e. The van der Waals surface area contributed by atoms with Crippen LogP contribution in [0.5, 0.6) is 0 Å². The van der Waals surface area contributed by atoms with E-state index in [1.54, 1.807) is 39.0 Å². The zero-order chi connectivity index (χ0) is 26.0. The summed E-state index contributed by atoms with van der Waals surface area (Å²) in [5, 5.41) is 3.51. The molecule has 4 rings (SSSR count). The lowest BCUT2D eigenvalue weighted by molar-refractivity contribution is -0.143. The number of fused-ring (bicyclic) bond motifs is 1. The van der Waals surface area contributed by atoms with Crippen LogP contribution in [-0.4, -0.2) is 22.0 Å². The van der Waals surface area contributed by atoms with E-state index in [2.05, 4.69) is 29.1 Å². The summed E-state index contributed by atoms with van der Waals surface area (Å²) in [6.45, 7) is 9.58. The lowest BCUT2D eigenvalue weighted by atomic mass is 9.81. The topological polar surface area (TPSA) is 84.1 Å². The first-order valence-corrected chi connectivity index (χ1v) is 12.9. The third-order valence-corrected chi connectivity index (χ3v) is 6.96. The number of nitrogens with one attached hydrogen (secondary N) is 2. The molecule has 0 bridgehead atoms. The largest absolute Gasteiger partial charge is 0.460 e. The number of aromatic nitrogens is 2. The van der Waals surface area contributed by atoms with Gasteiger partial charge in [0, 0.05) is 11.4 Å². The molecule has 188 valence electrons. The average molecular weight is 508 g/mol. The number of thioether (sulfide) groups is 1. The Morgan fingerprint density at radius 2 is 1.81 bits per heavy atom. The molecular formula is C28H30FN3O3S. The normalized spacial score (nSPS) is 15.2. The number of nitrogens with zero attached hydrogens (tertiary/aromatic N) is 1. The van der Waals surface area contributed by atoms with Crippen LogP contribution in [0.4, 0.5) is 10.2 Å². The van der Waals surface area contributed by atoms with Crippen molar-refractivity contribution >= 4 is 23.5 Å². The zero-order valence-electron chi connectivity index (χ0n) is 21.0. The fourth-order valence-corrected chi connectivity index (χ4v) is 5.06. The Balaban J connectivity index is 1.76. The van der Waals surface area contributed by atoms with Gasteiger partial charge in [-0.1, -0.05) is 68.1 Å². The lowest BCUT2D eigenvalue weighted by Crippen LogP contribution is -2.31. The molecule has 0 spiro atoms. The Labute approximate surface area is 214 Å². The number of H-pyrrole nitrogens is 1. The number of carbonyl (C=O) groups is 1. The molecule has 2 aromatic carbocycles. The van der Waals surface area contributed by atoms with Crippen molar-refractivity contribution in [2.45, 2.75) is 63.5 Å². The number of esters is 1. The van der Waals surface area contributed by atoms with Crippen LogP contribution in [0.3, 0.4) is 0 Å². The predicted molar refractivity (Wildman–Crippen MR) is 141 cm³/mol. The summed E-state index contributed by atoms with van der Waals surface area (Å²) in [6.07, 6.45) is -0.309. The van der Waals surface area contributed by atoms with E-state index in [1.807, 2.05) is 24.3 Å². The quantitative estimate of drug-likeness (QED) is 0.228. The van der Waals surface area contributed by atoms with Gasteiger partial charge in [-0.3, -0.25) is 4.79 Å². The van der Waals surface area contributed by atoms with Crippen LogP contribution >= 0.6 is 11.8 Å². The summed E-state index contributed by atoms with van der Waals surface area (Å²) < 4.78 is 19.6. The second-order valence-corrected chi connectivity index (χ2v) is 10.3. The van der Waals surface area contributed by atoms with Gasteiger partial charge in [-0.25, -0.2) is 14.2 Å². The Hall–Kier alpha value is -3.39. The summed E-state index contributed by atoms with van der Waals surface area (Å²) >= 11 is 1.24. The SMILES string of the molecule is CC1=C(C(=O)OC(C)C)C(c2ccc(C(C)C)cc2)c2c(nc(SCc3ccccc3F)[nH]c2=O)N1. The number of hydrogen-bond donors (Lipinski definition) is 2. The third kappa shape index (κ3) is 5.38. The van der Waals surface area contributed by atoms with E-state index in [1.165, 1.54) is 17.8 Å². The van der Waals surface area contributed by atoms with Crippen molar-refractivity contribution in [3.05, 3.63) is 98.2 Å². The molecule has 1 aliphatic rings. The highest BCUT2D eigenvalue weighted by Crippen LogP contribution is 2.40. The van der Waals surface area contributed by atoms with Gasteiger partial charge in [-0.2, -0.15) is 0 Å². The molecule has 0 amide bonds. The molecule has 1 aromatic heterocycles. The highest BCUT2D eigenvalue weighted by atomic mass is 32.2. The van der Waals surface area contributed by atoms with Crippen molar-refractivity contribution in [1.82, 2.24) is 9.97 Å². The molecule has 0 aliphatic carbocycles. The third-order valence-electron chi connectivity index (χ3n) is 6.04. The number of carbonyl (C=O) groups excluding carboxylic acids is 1. The number of hydrogen-bond acceptors (Lipinski definition) is 6. The van der Waals surface area contributed by atoms with Gasteiger partial charge >= 0.3 is 5.97 Å². The Bertz CT molecular complexity index is 1360. The molecule has 0 saturated carbocycles. The molecule has 1 aliphatic heterocycles. The molecular weight excluding hydrogens is 477 g/mol. The van der Waals surface area contributed by atoms with Gasteiger partial charge in [-0.05, 0) is 49.4 Å². The summed E-state index contributed by atoms with van der Waals surface area (Å²) in [7, 11) is 0. The number of allylic oxidation sites excluding steroid dienone is 1. The first kappa shape index (κ1) is 25.7. The van der Waals surface area contributed by atoms with E-state index < -0.39 is 11.9 Å². The van der Waals surface area contributed by atoms with Gasteiger partial charge < -0.3 is 15.0 Å². The fourth-order valence-electron chi connectivity index (χ4n) is 4.22. The smallest absolute Gasteiger partial charge is 0.337 e. The summed E-state index contributed by atoms with van der Waals surface area (Å²) in [5.41, 5.74) is 3.44. The van der Waals surface area contributed by atoms with Crippen molar-refractivity contribution in [2.75, 3.05) is 5.32 Å². The van der Waals surface area contributed by atoms with Crippen LogP contribution in [-0.2, 0) is 15.3 Å². The molecule has 0 saturated heterocycles. The van der Waals surface area contributed by atoms with Crippen molar-refractivity contribution < 1.29 is 13.9 Å². The minimum atomic E-state index is -0.643. The van der Waals surface area contributed by atoms with Crippen molar-refractivity contribution in [3.8, 4) is 0 Å². The van der Waals surface area contributed by atoms with Crippen molar-refractivity contribution in [2.24, 2.45) is 0 Å². The molecule has 2 N–H and O–H groups in total. The fraction of sp³-hybridized carbons (Fsp3) is 0.321. The maximum absolute atomic E-state index is 14.1. The van der Waals surface area contributed by atoms with Crippen LogP contribution in [0.25, 0.3) is 0 Å². The molecule has 36 heavy (non-hydrogen) atoms. The molecule has 1 unspecified atom stereocenters. The number of anilines is 1. The molecule has 6 nitrogen and oxygen atoms in total. The monoisotopic (exact) mass is 507 g/mol. The van der Waals surface area contributed by atoms with Gasteiger partial charge in [0.15, 0.2) is 5.16 Å². The highest BCUT2D eigenvalue weighted by molar-refractivity contribution is 7.98. The summed E-state index contributed by atoms with van der Waals surface area (Å²) in [4.78, 5) is 34.0. The molecule has 3 aromatic rings. The Morgan fingerprint density at radius 1 is 1.11 bits per heavy atom. The van der Waals surface area contributed by atoms with Crippen LogP contribution in [0.1, 0.15) is 68.7 Å². The van der Waals surface area contributed by atoms with E-state index in [9.17, 15) is 14.0 Å². The summed E-state index contributed by atoms with van der Waals surface area (Å²) in [5.74, 6) is -0.380. The number of halogens is 1. The standard InChI is InChI=1S/C28H30FN3O3S/c1-15(2)18-10-12-19(13-11-18)23-22(27(34)35-16(3)4)17(5)30-25-24(23)26(33)32-28(31-25)36-14-20-8-6-7-9-21(20)29/h6-13,15-16,23H,14H2,1-5H3,(H2,30,31,32,33).